The predicted molar refractivity (Wildman–Crippen MR) is 117 cm³/mol. The second-order valence-electron chi connectivity index (χ2n) is 7.29. The van der Waals surface area contributed by atoms with Crippen molar-refractivity contribution in [1.29, 1.82) is 0 Å². The van der Waals surface area contributed by atoms with Gasteiger partial charge in [0.1, 0.15) is 11.5 Å². The van der Waals surface area contributed by atoms with Crippen LogP contribution in [0.2, 0.25) is 0 Å². The van der Waals surface area contributed by atoms with E-state index in [1.807, 2.05) is 25.1 Å². The smallest absolute Gasteiger partial charge is 0.418 e. The van der Waals surface area contributed by atoms with Gasteiger partial charge in [-0.05, 0) is 30.0 Å². The van der Waals surface area contributed by atoms with Gasteiger partial charge in [-0.15, -0.1) is 11.8 Å². The van der Waals surface area contributed by atoms with Gasteiger partial charge in [-0.1, -0.05) is 51.2 Å². The van der Waals surface area contributed by atoms with Gasteiger partial charge in [0.25, 0.3) is 0 Å². The van der Waals surface area contributed by atoms with Crippen molar-refractivity contribution in [3.05, 3.63) is 53.4 Å². The first-order valence-electron chi connectivity index (χ1n) is 9.44. The Morgan fingerprint density at radius 1 is 1.21 bits per heavy atom. The minimum absolute atomic E-state index is 0.257. The van der Waals surface area contributed by atoms with E-state index in [-0.39, 0.29) is 5.92 Å². The van der Waals surface area contributed by atoms with Crippen molar-refractivity contribution in [2.75, 3.05) is 5.32 Å². The highest BCUT2D eigenvalue weighted by Crippen LogP contribution is 2.32. The first kappa shape index (κ1) is 21.4. The van der Waals surface area contributed by atoms with Crippen molar-refractivity contribution < 1.29 is 13.9 Å². The lowest BCUT2D eigenvalue weighted by molar-refractivity contribution is 0.214. The molecule has 6 nitrogen and oxygen atoms in total. The lowest BCUT2D eigenvalue weighted by Gasteiger charge is -2.13. The van der Waals surface area contributed by atoms with Gasteiger partial charge in [-0.25, -0.2) is 14.8 Å². The molecule has 0 unspecified atom stereocenters. The van der Waals surface area contributed by atoms with Crippen molar-refractivity contribution in [1.82, 2.24) is 9.97 Å². The lowest BCUT2D eigenvalue weighted by Crippen LogP contribution is -2.17. The molecular formula is C21H25N3O3S2. The summed E-state index contributed by atoms with van der Waals surface area (Å²) >= 11 is 2.95. The SMILES string of the molecule is Cc1ccc(C(C)C)c(OC(=O)Nc2ncc(SCc3ncc(C(C)C)o3)s2)c1. The molecule has 1 N–H and O–H groups in total. The number of anilines is 1. The number of thiazole rings is 1. The van der Waals surface area contributed by atoms with E-state index in [1.165, 1.54) is 11.3 Å². The van der Waals surface area contributed by atoms with E-state index < -0.39 is 6.09 Å². The molecule has 0 radical (unpaired) electrons. The normalized spacial score (nSPS) is 11.3. The van der Waals surface area contributed by atoms with Crippen LogP contribution in [0.3, 0.4) is 0 Å². The second-order valence-corrected chi connectivity index (χ2v) is 9.60. The summed E-state index contributed by atoms with van der Waals surface area (Å²) in [5.74, 6) is 3.32. The zero-order valence-corrected chi connectivity index (χ0v) is 18.8. The van der Waals surface area contributed by atoms with Gasteiger partial charge in [0, 0.05) is 5.92 Å². The number of rotatable bonds is 7. The van der Waals surface area contributed by atoms with Crippen LogP contribution in [0.4, 0.5) is 9.93 Å². The van der Waals surface area contributed by atoms with Gasteiger partial charge < -0.3 is 9.15 Å². The van der Waals surface area contributed by atoms with Gasteiger partial charge >= 0.3 is 6.09 Å². The summed E-state index contributed by atoms with van der Waals surface area (Å²) in [6.07, 6.45) is 2.95. The molecule has 3 rings (SSSR count). The van der Waals surface area contributed by atoms with Crippen LogP contribution in [0.25, 0.3) is 0 Å². The summed E-state index contributed by atoms with van der Waals surface area (Å²) in [5, 5.41) is 3.20. The average molecular weight is 432 g/mol. The first-order valence-corrected chi connectivity index (χ1v) is 11.2. The molecule has 0 aliphatic heterocycles. The van der Waals surface area contributed by atoms with Gasteiger partial charge in [0.15, 0.2) is 5.13 Å². The van der Waals surface area contributed by atoms with Gasteiger partial charge in [-0.2, -0.15) is 0 Å². The summed E-state index contributed by atoms with van der Waals surface area (Å²) in [6, 6.07) is 5.89. The summed E-state index contributed by atoms with van der Waals surface area (Å²) in [4.78, 5) is 20.9. The van der Waals surface area contributed by atoms with E-state index >= 15 is 0 Å². The Hall–Kier alpha value is -2.32. The van der Waals surface area contributed by atoms with Crippen LogP contribution in [0, 0.1) is 6.92 Å². The Morgan fingerprint density at radius 2 is 2.00 bits per heavy atom. The van der Waals surface area contributed by atoms with E-state index in [0.717, 1.165) is 21.1 Å². The number of hydrogen-bond acceptors (Lipinski definition) is 7. The van der Waals surface area contributed by atoms with Gasteiger partial charge in [0.2, 0.25) is 5.89 Å². The van der Waals surface area contributed by atoms with Crippen molar-refractivity contribution in [3.8, 4) is 5.75 Å². The third kappa shape index (κ3) is 5.83. The van der Waals surface area contributed by atoms with Crippen LogP contribution in [0.5, 0.6) is 5.75 Å². The fourth-order valence-corrected chi connectivity index (χ4v) is 4.31. The number of benzene rings is 1. The number of aryl methyl sites for hydroxylation is 1. The maximum Gasteiger partial charge on any atom is 0.418 e. The van der Waals surface area contributed by atoms with E-state index in [0.29, 0.717) is 28.4 Å². The Labute approximate surface area is 179 Å². The molecule has 0 saturated carbocycles. The topological polar surface area (TPSA) is 77.2 Å². The van der Waals surface area contributed by atoms with Gasteiger partial charge in [0.05, 0.1) is 22.4 Å². The quantitative estimate of drug-likeness (QED) is 0.425. The fraction of sp³-hybridized carbons (Fsp3) is 0.381. The molecule has 1 aromatic carbocycles. The maximum atomic E-state index is 12.3. The van der Waals surface area contributed by atoms with E-state index in [4.69, 9.17) is 9.15 Å². The molecule has 29 heavy (non-hydrogen) atoms. The summed E-state index contributed by atoms with van der Waals surface area (Å²) < 4.78 is 12.2. The molecule has 2 aromatic heterocycles. The number of hydrogen-bond donors (Lipinski definition) is 1. The van der Waals surface area contributed by atoms with Gasteiger partial charge in [-0.3, -0.25) is 5.32 Å². The van der Waals surface area contributed by atoms with E-state index in [1.54, 1.807) is 24.2 Å². The Kier molecular flexibility index (Phi) is 6.97. The molecule has 0 aliphatic carbocycles. The number of thioether (sulfide) groups is 1. The molecule has 0 aliphatic rings. The van der Waals surface area contributed by atoms with Crippen molar-refractivity contribution in [3.63, 3.8) is 0 Å². The molecule has 0 spiro atoms. The number of nitrogens with zero attached hydrogens (tertiary/aromatic N) is 2. The van der Waals surface area contributed by atoms with Crippen LogP contribution >= 0.6 is 23.1 Å². The monoisotopic (exact) mass is 431 g/mol. The van der Waals surface area contributed by atoms with Crippen LogP contribution in [-0.4, -0.2) is 16.1 Å². The molecule has 8 heteroatoms. The maximum absolute atomic E-state index is 12.3. The number of amides is 1. The third-order valence-corrected chi connectivity index (χ3v) is 6.26. The van der Waals surface area contributed by atoms with Crippen molar-refractivity contribution in [2.45, 2.75) is 56.4 Å². The summed E-state index contributed by atoms with van der Waals surface area (Å²) in [5.41, 5.74) is 2.03. The number of nitrogens with one attached hydrogen (secondary N) is 1. The highest BCUT2D eigenvalue weighted by molar-refractivity contribution is 8.00. The number of ether oxygens (including phenoxy) is 1. The van der Waals surface area contributed by atoms with E-state index in [2.05, 4.69) is 43.0 Å². The zero-order chi connectivity index (χ0) is 21.0. The molecule has 0 bridgehead atoms. The number of oxazole rings is 1. The predicted octanol–water partition coefficient (Wildman–Crippen LogP) is 6.59. The van der Waals surface area contributed by atoms with Crippen molar-refractivity contribution >= 4 is 34.3 Å². The Bertz CT molecular complexity index is 979. The molecule has 2 heterocycles. The third-order valence-electron chi connectivity index (χ3n) is 4.17. The number of carbonyl (C=O) groups is 1. The highest BCUT2D eigenvalue weighted by atomic mass is 32.2. The molecule has 0 saturated heterocycles. The molecular weight excluding hydrogens is 406 g/mol. The minimum atomic E-state index is -0.544. The van der Waals surface area contributed by atoms with E-state index in [9.17, 15) is 4.79 Å². The number of aromatic nitrogens is 2. The van der Waals surface area contributed by atoms with Crippen LogP contribution in [0.15, 0.2) is 39.2 Å². The van der Waals surface area contributed by atoms with Crippen molar-refractivity contribution in [2.24, 2.45) is 0 Å². The molecule has 3 aromatic rings. The highest BCUT2D eigenvalue weighted by Gasteiger charge is 2.14. The molecule has 154 valence electrons. The number of carbonyl (C=O) groups excluding carboxylic acids is 1. The standard InChI is InChI=1S/C21H25N3O3S2/c1-12(2)15-7-6-14(5)8-16(15)27-21(25)24-20-23-10-19(29-20)28-11-18-22-9-17(26-18)13(3)4/h6-10,12-13H,11H2,1-5H3,(H,23,24,25). The summed E-state index contributed by atoms with van der Waals surface area (Å²) in [6.45, 7) is 10.2. The molecule has 0 fully saturated rings. The summed E-state index contributed by atoms with van der Waals surface area (Å²) in [7, 11) is 0. The first-order chi connectivity index (χ1) is 13.8. The molecule has 1 amide bonds. The largest absolute Gasteiger partial charge is 0.445 e. The zero-order valence-electron chi connectivity index (χ0n) is 17.2. The van der Waals surface area contributed by atoms with Crippen LogP contribution in [0.1, 0.15) is 62.3 Å². The fourth-order valence-electron chi connectivity index (χ4n) is 2.59. The second kappa shape index (κ2) is 9.45. The average Bonchev–Trinajstić information content (AvgIpc) is 3.29. The Morgan fingerprint density at radius 3 is 2.69 bits per heavy atom. The Balaban J connectivity index is 1.57. The minimum Gasteiger partial charge on any atom is -0.445 e. The van der Waals surface area contributed by atoms with Crippen LogP contribution < -0.4 is 10.1 Å². The lowest BCUT2D eigenvalue weighted by atomic mass is 10.0. The van der Waals surface area contributed by atoms with Crippen LogP contribution in [-0.2, 0) is 5.75 Å². The molecule has 0 atom stereocenters.